The van der Waals surface area contributed by atoms with E-state index in [1.54, 1.807) is 0 Å². The fourth-order valence-electron chi connectivity index (χ4n) is 2.10. The van der Waals surface area contributed by atoms with Gasteiger partial charge in [-0.3, -0.25) is 0 Å². The molecule has 78 valence electrons. The van der Waals surface area contributed by atoms with Crippen molar-refractivity contribution in [1.82, 2.24) is 0 Å². The van der Waals surface area contributed by atoms with Crippen LogP contribution >= 0.6 is 0 Å². The number of hydrogen-bond acceptors (Lipinski definition) is 2. The summed E-state index contributed by atoms with van der Waals surface area (Å²) in [5.41, 5.74) is 4.95. The molecule has 0 aromatic heterocycles. The van der Waals surface area contributed by atoms with Crippen LogP contribution in [0.15, 0.2) is 53.7 Å². The van der Waals surface area contributed by atoms with Crippen molar-refractivity contribution < 1.29 is 26.3 Å². The van der Waals surface area contributed by atoms with Gasteiger partial charge in [0, 0.05) is 32.2 Å². The molecular formula is C13H9NOW. The molecule has 2 aromatic rings. The first kappa shape index (κ1) is 11.1. The van der Waals surface area contributed by atoms with Gasteiger partial charge in [0.2, 0.25) is 0 Å². The van der Waals surface area contributed by atoms with Crippen molar-refractivity contribution in [3.05, 3.63) is 59.7 Å². The SMILES string of the molecule is ON=C1c2ccccc2-c2ccccc21.[W]. The predicted octanol–water partition coefficient (Wildman–Crippen LogP) is 2.89. The van der Waals surface area contributed by atoms with E-state index < -0.39 is 0 Å². The van der Waals surface area contributed by atoms with Crippen LogP contribution in [0, 0.1) is 0 Å². The first-order chi connectivity index (χ1) is 7.42. The number of nitrogens with zero attached hydrogens (tertiary/aromatic N) is 1. The number of fused-ring (bicyclic) bond motifs is 3. The zero-order valence-electron chi connectivity index (χ0n) is 8.42. The maximum atomic E-state index is 9.05. The van der Waals surface area contributed by atoms with Crippen LogP contribution < -0.4 is 0 Å². The topological polar surface area (TPSA) is 32.6 Å². The van der Waals surface area contributed by atoms with Gasteiger partial charge in [-0.15, -0.1) is 0 Å². The van der Waals surface area contributed by atoms with E-state index in [0.717, 1.165) is 22.3 Å². The van der Waals surface area contributed by atoms with Gasteiger partial charge in [-0.25, -0.2) is 0 Å². The molecule has 0 spiro atoms. The Balaban J connectivity index is 0.000000963. The Kier molecular flexibility index (Phi) is 2.93. The van der Waals surface area contributed by atoms with E-state index in [-0.39, 0.29) is 21.1 Å². The summed E-state index contributed by atoms with van der Waals surface area (Å²) in [5.74, 6) is 0. The fraction of sp³-hybridized carbons (Fsp3) is 0. The molecule has 0 amide bonds. The van der Waals surface area contributed by atoms with E-state index in [4.69, 9.17) is 5.21 Å². The van der Waals surface area contributed by atoms with Crippen LogP contribution in [0.25, 0.3) is 11.1 Å². The number of oxime groups is 1. The Bertz CT molecular complexity index is 516. The minimum absolute atomic E-state index is 0. The molecule has 0 fully saturated rings. The molecule has 3 heteroatoms. The molecule has 1 aliphatic rings. The molecule has 0 bridgehead atoms. The smallest absolute Gasteiger partial charge is 0.118 e. The number of benzene rings is 2. The minimum atomic E-state index is 0. The maximum absolute atomic E-state index is 9.05. The van der Waals surface area contributed by atoms with Crippen molar-refractivity contribution in [3.63, 3.8) is 0 Å². The second-order valence-corrected chi connectivity index (χ2v) is 3.54. The maximum Gasteiger partial charge on any atom is 0.118 e. The normalized spacial score (nSPS) is 11.4. The summed E-state index contributed by atoms with van der Waals surface area (Å²) in [4.78, 5) is 0. The van der Waals surface area contributed by atoms with Crippen LogP contribution in [0.3, 0.4) is 0 Å². The van der Waals surface area contributed by atoms with Crippen molar-refractivity contribution >= 4 is 5.71 Å². The average Bonchev–Trinajstić information content (AvgIpc) is 2.63. The van der Waals surface area contributed by atoms with Crippen LogP contribution in [0.1, 0.15) is 11.1 Å². The van der Waals surface area contributed by atoms with Crippen molar-refractivity contribution in [2.45, 2.75) is 0 Å². The summed E-state index contributed by atoms with van der Waals surface area (Å²) in [7, 11) is 0. The van der Waals surface area contributed by atoms with E-state index in [2.05, 4.69) is 5.16 Å². The molecule has 0 atom stereocenters. The van der Waals surface area contributed by atoms with Gasteiger partial charge in [0.15, 0.2) is 0 Å². The molecular weight excluding hydrogens is 370 g/mol. The molecule has 1 aliphatic carbocycles. The Morgan fingerprint density at radius 1 is 0.688 bits per heavy atom. The summed E-state index contributed by atoms with van der Waals surface area (Å²) in [5, 5.41) is 12.4. The summed E-state index contributed by atoms with van der Waals surface area (Å²) >= 11 is 0. The molecule has 0 aliphatic heterocycles. The second kappa shape index (κ2) is 4.23. The van der Waals surface area contributed by atoms with E-state index in [1.165, 1.54) is 0 Å². The van der Waals surface area contributed by atoms with Crippen LogP contribution in [0.5, 0.6) is 0 Å². The Morgan fingerprint density at radius 3 is 1.44 bits per heavy atom. The van der Waals surface area contributed by atoms with Crippen LogP contribution in [0.4, 0.5) is 0 Å². The standard InChI is InChI=1S/C13H9NO.W/c15-14-13-11-7-3-1-5-9(11)10-6-2-4-8-12(10)13;/h1-8,15H;. The zero-order chi connectivity index (χ0) is 10.3. The Labute approximate surface area is 108 Å². The molecule has 2 nitrogen and oxygen atoms in total. The minimum Gasteiger partial charge on any atom is -0.410 e. The van der Waals surface area contributed by atoms with Crippen molar-refractivity contribution in [1.29, 1.82) is 0 Å². The number of hydrogen-bond donors (Lipinski definition) is 1. The van der Waals surface area contributed by atoms with Crippen LogP contribution in [-0.4, -0.2) is 10.9 Å². The first-order valence-electron chi connectivity index (χ1n) is 4.83. The van der Waals surface area contributed by atoms with Gasteiger partial charge in [-0.1, -0.05) is 53.7 Å². The first-order valence-corrected chi connectivity index (χ1v) is 4.83. The molecule has 16 heavy (non-hydrogen) atoms. The third-order valence-corrected chi connectivity index (χ3v) is 2.75. The summed E-state index contributed by atoms with van der Waals surface area (Å²) < 4.78 is 0. The molecule has 1 N–H and O–H groups in total. The van der Waals surface area contributed by atoms with E-state index in [1.807, 2.05) is 48.5 Å². The fourth-order valence-corrected chi connectivity index (χ4v) is 2.10. The molecule has 3 rings (SSSR count). The largest absolute Gasteiger partial charge is 0.410 e. The average molecular weight is 379 g/mol. The van der Waals surface area contributed by atoms with Crippen LogP contribution in [0.2, 0.25) is 0 Å². The summed E-state index contributed by atoms with van der Waals surface area (Å²) in [6.45, 7) is 0. The van der Waals surface area contributed by atoms with Gasteiger partial charge in [-0.05, 0) is 11.1 Å². The van der Waals surface area contributed by atoms with Crippen molar-refractivity contribution in [2.24, 2.45) is 5.16 Å². The van der Waals surface area contributed by atoms with Gasteiger partial charge in [0.05, 0.1) is 0 Å². The van der Waals surface area contributed by atoms with Gasteiger partial charge < -0.3 is 5.21 Å². The Morgan fingerprint density at radius 2 is 1.06 bits per heavy atom. The van der Waals surface area contributed by atoms with E-state index in [9.17, 15) is 0 Å². The molecule has 0 heterocycles. The Hall–Kier alpha value is -1.40. The monoisotopic (exact) mass is 379 g/mol. The van der Waals surface area contributed by atoms with E-state index in [0.29, 0.717) is 5.71 Å². The number of rotatable bonds is 0. The molecule has 0 unspecified atom stereocenters. The quantitative estimate of drug-likeness (QED) is 0.473. The molecule has 0 saturated heterocycles. The van der Waals surface area contributed by atoms with E-state index >= 15 is 0 Å². The van der Waals surface area contributed by atoms with Gasteiger partial charge >= 0.3 is 0 Å². The van der Waals surface area contributed by atoms with Gasteiger partial charge in [0.25, 0.3) is 0 Å². The zero-order valence-corrected chi connectivity index (χ0v) is 11.4. The van der Waals surface area contributed by atoms with Gasteiger partial charge in [0.1, 0.15) is 5.71 Å². The summed E-state index contributed by atoms with van der Waals surface area (Å²) in [6.07, 6.45) is 0. The predicted molar refractivity (Wildman–Crippen MR) is 59.3 cm³/mol. The molecule has 2 aromatic carbocycles. The van der Waals surface area contributed by atoms with Crippen LogP contribution in [-0.2, 0) is 21.1 Å². The third-order valence-electron chi connectivity index (χ3n) is 2.75. The summed E-state index contributed by atoms with van der Waals surface area (Å²) in [6, 6.07) is 15.9. The molecule has 0 saturated carbocycles. The van der Waals surface area contributed by atoms with Gasteiger partial charge in [-0.2, -0.15) is 0 Å². The second-order valence-electron chi connectivity index (χ2n) is 3.54. The third kappa shape index (κ3) is 1.42. The molecule has 0 radical (unpaired) electrons. The van der Waals surface area contributed by atoms with Crippen molar-refractivity contribution in [3.8, 4) is 11.1 Å². The van der Waals surface area contributed by atoms with Crippen molar-refractivity contribution in [2.75, 3.05) is 0 Å².